The first kappa shape index (κ1) is 22.2. The zero-order valence-corrected chi connectivity index (χ0v) is 18.3. The number of anilines is 1. The number of carbonyl (C=O) groups is 1. The van der Waals surface area contributed by atoms with Crippen LogP contribution in [0.1, 0.15) is 30.0 Å². The number of halogens is 1. The Kier molecular flexibility index (Phi) is 7.49. The van der Waals surface area contributed by atoms with E-state index in [1.165, 1.54) is 4.31 Å². The Balaban J connectivity index is 2.03. The maximum absolute atomic E-state index is 12.6. The first-order valence-electron chi connectivity index (χ1n) is 9.19. The molecule has 5 nitrogen and oxygen atoms in total. The van der Waals surface area contributed by atoms with E-state index < -0.39 is 16.1 Å². The first-order valence-corrected chi connectivity index (χ1v) is 11.4. The van der Waals surface area contributed by atoms with Gasteiger partial charge in [-0.15, -0.1) is 0 Å². The fourth-order valence-electron chi connectivity index (χ4n) is 3.01. The Bertz CT molecular complexity index is 944. The van der Waals surface area contributed by atoms with Crippen LogP contribution in [-0.2, 0) is 21.2 Å². The van der Waals surface area contributed by atoms with Crippen LogP contribution in [0.5, 0.6) is 0 Å². The summed E-state index contributed by atoms with van der Waals surface area (Å²) in [5.74, 6) is -0.331. The first-order chi connectivity index (χ1) is 13.1. The van der Waals surface area contributed by atoms with Gasteiger partial charge in [0.15, 0.2) is 0 Å². The van der Waals surface area contributed by atoms with Crippen LogP contribution in [0.2, 0.25) is 5.02 Å². The molecule has 0 aliphatic heterocycles. The summed E-state index contributed by atoms with van der Waals surface area (Å²) in [6.45, 7) is 5.91. The summed E-state index contributed by atoms with van der Waals surface area (Å²) in [5.41, 5.74) is 3.55. The van der Waals surface area contributed by atoms with Crippen molar-refractivity contribution in [2.24, 2.45) is 0 Å². The minimum Gasteiger partial charge on any atom is -0.354 e. The van der Waals surface area contributed by atoms with Gasteiger partial charge >= 0.3 is 0 Å². The molecule has 0 aliphatic carbocycles. The van der Waals surface area contributed by atoms with Crippen LogP contribution in [0.4, 0.5) is 5.69 Å². The highest BCUT2D eigenvalue weighted by Crippen LogP contribution is 2.23. The standard InChI is InChI=1S/C21H27ClN2O3S/c1-15-11-12-19(14-16(15)2)24(28(4,26)27)17(3)21(25)23-13-7-9-18-8-5-6-10-20(18)22/h5-6,8,10-12,14,17H,7,9,13H2,1-4H3,(H,23,25)/t17-/m1/s1. The molecule has 2 rings (SSSR count). The average molecular weight is 423 g/mol. The fraction of sp³-hybridized carbons (Fsp3) is 0.381. The third kappa shape index (κ3) is 5.72. The summed E-state index contributed by atoms with van der Waals surface area (Å²) in [6, 6.07) is 12.1. The number of aryl methyl sites for hydroxylation is 3. The van der Waals surface area contributed by atoms with Gasteiger partial charge in [0.05, 0.1) is 11.9 Å². The maximum Gasteiger partial charge on any atom is 0.243 e. The Labute approximate surface area is 172 Å². The van der Waals surface area contributed by atoms with Crippen LogP contribution in [0.3, 0.4) is 0 Å². The second-order valence-corrected chi connectivity index (χ2v) is 9.26. The molecule has 0 bridgehead atoms. The molecular formula is C21H27ClN2O3S. The van der Waals surface area contributed by atoms with Crippen LogP contribution < -0.4 is 9.62 Å². The predicted octanol–water partition coefficient (Wildman–Crippen LogP) is 3.86. The molecule has 0 aliphatic rings. The van der Waals surface area contributed by atoms with Gasteiger partial charge in [-0.3, -0.25) is 9.10 Å². The quantitative estimate of drug-likeness (QED) is 0.657. The fourth-order valence-corrected chi connectivity index (χ4v) is 4.41. The molecule has 0 saturated heterocycles. The number of carbonyl (C=O) groups excluding carboxylic acids is 1. The Morgan fingerprint density at radius 3 is 2.43 bits per heavy atom. The van der Waals surface area contributed by atoms with E-state index >= 15 is 0 Å². The number of hydrogen-bond donors (Lipinski definition) is 1. The Morgan fingerprint density at radius 2 is 1.82 bits per heavy atom. The van der Waals surface area contributed by atoms with Gasteiger partial charge in [-0.25, -0.2) is 8.42 Å². The van der Waals surface area contributed by atoms with Gasteiger partial charge in [0, 0.05) is 11.6 Å². The smallest absolute Gasteiger partial charge is 0.243 e. The topological polar surface area (TPSA) is 66.5 Å². The predicted molar refractivity (Wildman–Crippen MR) is 115 cm³/mol. The molecule has 2 aromatic carbocycles. The van der Waals surface area contributed by atoms with Crippen molar-refractivity contribution in [3.05, 3.63) is 64.2 Å². The minimum absolute atomic E-state index is 0.331. The zero-order valence-electron chi connectivity index (χ0n) is 16.7. The molecule has 0 saturated carbocycles. The van der Waals surface area contributed by atoms with Gasteiger partial charge in [-0.2, -0.15) is 0 Å². The molecule has 0 radical (unpaired) electrons. The number of nitrogens with one attached hydrogen (secondary N) is 1. The number of rotatable bonds is 8. The zero-order chi connectivity index (χ0) is 20.9. The van der Waals surface area contributed by atoms with Crippen molar-refractivity contribution in [3.63, 3.8) is 0 Å². The van der Waals surface area contributed by atoms with Gasteiger partial charge in [0.25, 0.3) is 0 Å². The Hall–Kier alpha value is -2.05. The van der Waals surface area contributed by atoms with E-state index in [0.29, 0.717) is 23.7 Å². The highest BCUT2D eigenvalue weighted by atomic mass is 35.5. The van der Waals surface area contributed by atoms with Crippen LogP contribution in [0.25, 0.3) is 0 Å². The third-order valence-electron chi connectivity index (χ3n) is 4.71. The molecule has 28 heavy (non-hydrogen) atoms. The van der Waals surface area contributed by atoms with Gasteiger partial charge < -0.3 is 5.32 Å². The second kappa shape index (κ2) is 9.43. The number of nitrogens with zero attached hydrogens (tertiary/aromatic N) is 1. The van der Waals surface area contributed by atoms with E-state index in [1.54, 1.807) is 19.1 Å². The van der Waals surface area contributed by atoms with Crippen molar-refractivity contribution >= 4 is 33.2 Å². The van der Waals surface area contributed by atoms with Crippen molar-refractivity contribution in [2.75, 3.05) is 17.1 Å². The van der Waals surface area contributed by atoms with Crippen molar-refractivity contribution in [2.45, 2.75) is 39.7 Å². The highest BCUT2D eigenvalue weighted by Gasteiger charge is 2.29. The summed E-state index contributed by atoms with van der Waals surface area (Å²) in [4.78, 5) is 12.6. The molecule has 0 unspecified atom stereocenters. The van der Waals surface area contributed by atoms with E-state index in [0.717, 1.165) is 29.4 Å². The normalized spacial score (nSPS) is 12.5. The van der Waals surface area contributed by atoms with E-state index in [2.05, 4.69) is 5.32 Å². The summed E-state index contributed by atoms with van der Waals surface area (Å²) < 4.78 is 25.9. The second-order valence-electron chi connectivity index (χ2n) is 6.99. The van der Waals surface area contributed by atoms with Gasteiger partial charge in [0.2, 0.25) is 15.9 Å². The number of sulfonamides is 1. The summed E-state index contributed by atoms with van der Waals surface area (Å²) in [7, 11) is -3.62. The molecule has 2 aromatic rings. The van der Waals surface area contributed by atoms with Crippen LogP contribution in [-0.4, -0.2) is 33.2 Å². The molecule has 1 N–H and O–H groups in total. The van der Waals surface area contributed by atoms with Gasteiger partial charge in [-0.05, 0) is 68.5 Å². The van der Waals surface area contributed by atoms with E-state index in [1.807, 2.05) is 44.2 Å². The molecule has 1 amide bonds. The van der Waals surface area contributed by atoms with E-state index in [9.17, 15) is 13.2 Å². The minimum atomic E-state index is -3.62. The molecule has 0 fully saturated rings. The van der Waals surface area contributed by atoms with Crippen LogP contribution in [0.15, 0.2) is 42.5 Å². The largest absolute Gasteiger partial charge is 0.354 e. The maximum atomic E-state index is 12.6. The van der Waals surface area contributed by atoms with Crippen molar-refractivity contribution in [3.8, 4) is 0 Å². The lowest BCUT2D eigenvalue weighted by molar-refractivity contribution is -0.121. The van der Waals surface area contributed by atoms with Crippen molar-refractivity contribution < 1.29 is 13.2 Å². The van der Waals surface area contributed by atoms with Gasteiger partial charge in [0.1, 0.15) is 6.04 Å². The van der Waals surface area contributed by atoms with Gasteiger partial charge in [-0.1, -0.05) is 35.9 Å². The lowest BCUT2D eigenvalue weighted by Gasteiger charge is -2.28. The van der Waals surface area contributed by atoms with Crippen LogP contribution >= 0.6 is 11.6 Å². The molecule has 1 atom stereocenters. The molecule has 0 aromatic heterocycles. The lowest BCUT2D eigenvalue weighted by Crippen LogP contribution is -2.48. The number of benzene rings is 2. The average Bonchev–Trinajstić information content (AvgIpc) is 2.62. The van der Waals surface area contributed by atoms with E-state index in [4.69, 9.17) is 11.6 Å². The molecule has 152 valence electrons. The molecule has 0 spiro atoms. The number of hydrogen-bond acceptors (Lipinski definition) is 3. The SMILES string of the molecule is Cc1ccc(N([C@H](C)C(=O)NCCCc2ccccc2Cl)S(C)(=O)=O)cc1C. The van der Waals surface area contributed by atoms with Crippen molar-refractivity contribution in [1.82, 2.24) is 5.32 Å². The lowest BCUT2D eigenvalue weighted by atomic mass is 10.1. The summed E-state index contributed by atoms with van der Waals surface area (Å²) in [6.07, 6.45) is 2.56. The monoisotopic (exact) mass is 422 g/mol. The summed E-state index contributed by atoms with van der Waals surface area (Å²) >= 11 is 6.14. The van der Waals surface area contributed by atoms with Crippen LogP contribution in [0, 0.1) is 13.8 Å². The van der Waals surface area contributed by atoms with Crippen molar-refractivity contribution in [1.29, 1.82) is 0 Å². The molecule has 7 heteroatoms. The molecular weight excluding hydrogens is 396 g/mol. The Morgan fingerprint density at radius 1 is 1.14 bits per heavy atom. The molecule has 0 heterocycles. The summed E-state index contributed by atoms with van der Waals surface area (Å²) in [5, 5.41) is 3.54. The number of amides is 1. The third-order valence-corrected chi connectivity index (χ3v) is 6.32. The highest BCUT2D eigenvalue weighted by molar-refractivity contribution is 7.92. The van der Waals surface area contributed by atoms with E-state index in [-0.39, 0.29) is 5.91 Å².